The van der Waals surface area contributed by atoms with Gasteiger partial charge in [-0.05, 0) is 13.0 Å². The van der Waals surface area contributed by atoms with Gasteiger partial charge in [0.05, 0.1) is 29.5 Å². The number of ether oxygens (including phenoxy) is 1. The summed E-state index contributed by atoms with van der Waals surface area (Å²) in [5.41, 5.74) is 0.896. The monoisotopic (exact) mass is 465 g/mol. The summed E-state index contributed by atoms with van der Waals surface area (Å²) in [6, 6.07) is 5.89. The minimum atomic E-state index is -3.59. The predicted octanol–water partition coefficient (Wildman–Crippen LogP) is -0.181. The van der Waals surface area contributed by atoms with Crippen LogP contribution in [0, 0.1) is 17.0 Å². The van der Waals surface area contributed by atoms with Crippen LogP contribution in [0.2, 0.25) is 0 Å². The van der Waals surface area contributed by atoms with Gasteiger partial charge in [-0.1, -0.05) is 11.3 Å². The van der Waals surface area contributed by atoms with Crippen molar-refractivity contribution in [3.63, 3.8) is 0 Å². The lowest BCUT2D eigenvalue weighted by atomic mass is 10.2. The lowest BCUT2D eigenvalue weighted by Gasteiger charge is -2.37. The maximum absolute atomic E-state index is 13.0. The second-order valence-electron chi connectivity index (χ2n) is 7.42. The van der Waals surface area contributed by atoms with Crippen LogP contribution in [0.15, 0.2) is 24.3 Å². The molecule has 2 fully saturated rings. The van der Waals surface area contributed by atoms with Crippen molar-refractivity contribution >= 4 is 21.8 Å². The number of carbonyl (C=O) groups is 1. The van der Waals surface area contributed by atoms with E-state index in [1.807, 2.05) is 0 Å². The van der Waals surface area contributed by atoms with Gasteiger partial charge in [-0.25, -0.2) is 4.68 Å². The number of piperazine rings is 1. The number of nitro benzene ring substituents is 1. The molecule has 1 aromatic heterocycles. The van der Waals surface area contributed by atoms with Crippen LogP contribution in [0.4, 0.5) is 5.69 Å². The number of hydrogen-bond acceptors (Lipinski definition) is 8. The van der Waals surface area contributed by atoms with Gasteiger partial charge in [-0.3, -0.25) is 14.9 Å². The summed E-state index contributed by atoms with van der Waals surface area (Å²) in [7, 11) is -3.59. The first-order valence-corrected chi connectivity index (χ1v) is 11.5. The molecule has 32 heavy (non-hydrogen) atoms. The Balaban J connectivity index is 1.45. The number of rotatable bonds is 5. The molecule has 14 heteroatoms. The summed E-state index contributed by atoms with van der Waals surface area (Å²) >= 11 is 0. The van der Waals surface area contributed by atoms with E-state index in [1.165, 1.54) is 31.5 Å². The molecular formula is C18H23N7O6S. The molecule has 2 aliphatic rings. The molecule has 2 aromatic rings. The second kappa shape index (κ2) is 8.90. The smallest absolute Gasteiger partial charge is 0.282 e. The van der Waals surface area contributed by atoms with Crippen LogP contribution >= 0.6 is 0 Å². The summed E-state index contributed by atoms with van der Waals surface area (Å²) < 4.78 is 35.0. The van der Waals surface area contributed by atoms with Gasteiger partial charge in [0, 0.05) is 51.4 Å². The Morgan fingerprint density at radius 2 is 1.75 bits per heavy atom. The lowest BCUT2D eigenvalue weighted by Crippen LogP contribution is -2.55. The van der Waals surface area contributed by atoms with Crippen LogP contribution in [0.25, 0.3) is 5.69 Å². The van der Waals surface area contributed by atoms with E-state index in [4.69, 9.17) is 4.74 Å². The van der Waals surface area contributed by atoms with Crippen LogP contribution in [0.5, 0.6) is 0 Å². The van der Waals surface area contributed by atoms with Gasteiger partial charge in [0.1, 0.15) is 0 Å². The van der Waals surface area contributed by atoms with Gasteiger partial charge < -0.3 is 9.64 Å². The zero-order chi connectivity index (χ0) is 22.9. The number of hydrogen-bond donors (Lipinski definition) is 0. The highest BCUT2D eigenvalue weighted by molar-refractivity contribution is 7.86. The third-order valence-electron chi connectivity index (χ3n) is 5.53. The van der Waals surface area contributed by atoms with Gasteiger partial charge in [0.2, 0.25) is 0 Å². The van der Waals surface area contributed by atoms with E-state index in [-0.39, 0.29) is 43.5 Å². The van der Waals surface area contributed by atoms with E-state index < -0.39 is 15.1 Å². The fourth-order valence-corrected chi connectivity index (χ4v) is 5.28. The number of nitrogens with zero attached hydrogens (tertiary/aromatic N) is 7. The van der Waals surface area contributed by atoms with Crippen LogP contribution in [0.3, 0.4) is 0 Å². The molecule has 2 aliphatic heterocycles. The van der Waals surface area contributed by atoms with E-state index in [1.54, 1.807) is 17.9 Å². The van der Waals surface area contributed by atoms with Crippen LogP contribution < -0.4 is 0 Å². The van der Waals surface area contributed by atoms with Crippen molar-refractivity contribution in [3.8, 4) is 5.69 Å². The molecule has 0 bridgehead atoms. The van der Waals surface area contributed by atoms with Gasteiger partial charge in [-0.15, -0.1) is 5.10 Å². The largest absolute Gasteiger partial charge is 0.379 e. The number of benzene rings is 1. The van der Waals surface area contributed by atoms with E-state index >= 15 is 0 Å². The molecule has 2 saturated heterocycles. The Morgan fingerprint density at radius 3 is 2.41 bits per heavy atom. The van der Waals surface area contributed by atoms with E-state index in [9.17, 15) is 23.3 Å². The topological polar surface area (TPSA) is 144 Å². The average Bonchev–Trinajstić information content (AvgIpc) is 3.20. The molecule has 3 heterocycles. The van der Waals surface area contributed by atoms with Crippen LogP contribution in [-0.2, 0) is 14.9 Å². The van der Waals surface area contributed by atoms with E-state index in [0.29, 0.717) is 37.7 Å². The molecular weight excluding hydrogens is 442 g/mol. The third-order valence-corrected chi connectivity index (χ3v) is 7.57. The van der Waals surface area contributed by atoms with Crippen LogP contribution in [0.1, 0.15) is 16.2 Å². The fraction of sp³-hybridized carbons (Fsp3) is 0.500. The Morgan fingerprint density at radius 1 is 1.09 bits per heavy atom. The SMILES string of the molecule is Cc1c(C(=O)N2CCN(S(=O)(=O)N3CCOCC3)CC2)nnn1-c1cccc([N+](=O)[O-])c1. The third kappa shape index (κ3) is 4.21. The first kappa shape index (κ1) is 22.3. The molecule has 0 saturated carbocycles. The minimum absolute atomic E-state index is 0.0946. The summed E-state index contributed by atoms with van der Waals surface area (Å²) in [5, 5.41) is 19.0. The van der Waals surface area contributed by atoms with Gasteiger partial charge in [0.15, 0.2) is 5.69 Å². The van der Waals surface area contributed by atoms with Crippen molar-refractivity contribution in [1.29, 1.82) is 0 Å². The average molecular weight is 465 g/mol. The maximum atomic E-state index is 13.0. The molecule has 0 aliphatic carbocycles. The molecule has 1 amide bonds. The molecule has 4 rings (SSSR count). The number of nitro groups is 1. The maximum Gasteiger partial charge on any atom is 0.282 e. The van der Waals surface area contributed by atoms with Crippen molar-refractivity contribution in [1.82, 2.24) is 28.5 Å². The summed E-state index contributed by atoms with van der Waals surface area (Å²) in [5.74, 6) is -0.359. The zero-order valence-corrected chi connectivity index (χ0v) is 18.3. The molecule has 0 N–H and O–H groups in total. The number of non-ortho nitro benzene ring substituents is 1. The summed E-state index contributed by atoms with van der Waals surface area (Å²) in [6.07, 6.45) is 0. The number of aromatic nitrogens is 3. The van der Waals surface area contributed by atoms with Gasteiger partial charge >= 0.3 is 0 Å². The van der Waals surface area contributed by atoms with Gasteiger partial charge in [0.25, 0.3) is 21.8 Å². The zero-order valence-electron chi connectivity index (χ0n) is 17.5. The molecule has 13 nitrogen and oxygen atoms in total. The van der Waals surface area contributed by atoms with Crippen molar-refractivity contribution in [2.75, 3.05) is 52.5 Å². The molecule has 0 spiro atoms. The Labute approximate surface area is 184 Å². The molecule has 172 valence electrons. The number of amides is 1. The number of morpholine rings is 1. The Hall–Kier alpha value is -2.94. The number of carbonyl (C=O) groups excluding carboxylic acids is 1. The van der Waals surface area contributed by atoms with Gasteiger partial charge in [-0.2, -0.15) is 17.0 Å². The highest BCUT2D eigenvalue weighted by Gasteiger charge is 2.35. The first-order valence-electron chi connectivity index (χ1n) is 10.1. The first-order chi connectivity index (χ1) is 15.3. The molecule has 0 atom stereocenters. The summed E-state index contributed by atoms with van der Waals surface area (Å²) in [4.78, 5) is 25.1. The molecule has 1 aromatic carbocycles. The van der Waals surface area contributed by atoms with E-state index in [2.05, 4.69) is 10.3 Å². The van der Waals surface area contributed by atoms with E-state index in [0.717, 1.165) is 0 Å². The van der Waals surface area contributed by atoms with Crippen molar-refractivity contribution in [3.05, 3.63) is 45.8 Å². The predicted molar refractivity (Wildman–Crippen MR) is 112 cm³/mol. The van der Waals surface area contributed by atoms with Crippen molar-refractivity contribution in [2.45, 2.75) is 6.92 Å². The van der Waals surface area contributed by atoms with Crippen LogP contribution in [-0.4, -0.2) is 100 Å². The lowest BCUT2D eigenvalue weighted by molar-refractivity contribution is -0.384. The molecule has 0 unspecified atom stereocenters. The highest BCUT2D eigenvalue weighted by atomic mass is 32.2. The fourth-order valence-electron chi connectivity index (χ4n) is 3.72. The highest BCUT2D eigenvalue weighted by Crippen LogP contribution is 2.20. The minimum Gasteiger partial charge on any atom is -0.379 e. The second-order valence-corrected chi connectivity index (χ2v) is 9.35. The summed E-state index contributed by atoms with van der Waals surface area (Å²) in [6.45, 7) is 3.87. The van der Waals surface area contributed by atoms with Crippen molar-refractivity contribution in [2.24, 2.45) is 0 Å². The normalized spacial score (nSPS) is 18.6. The quantitative estimate of drug-likeness (QED) is 0.437. The Kier molecular flexibility index (Phi) is 6.19. The van der Waals surface area contributed by atoms with Crippen molar-refractivity contribution < 1.29 is 22.9 Å². The standard InChI is InChI=1S/C18H23N7O6S/c1-14-17(19-20-24(14)15-3-2-4-16(13-15)25(27)28)18(26)21-5-7-22(8-6-21)32(29,30)23-9-11-31-12-10-23/h2-4,13H,5-12H2,1H3. The molecule has 0 radical (unpaired) electrons. The Bertz CT molecular complexity index is 1120.